The van der Waals surface area contributed by atoms with Gasteiger partial charge in [-0.25, -0.2) is 4.79 Å². The number of nitriles is 1. The largest absolute Gasteiger partial charge is 0.478 e. The number of nitrogens with zero attached hydrogens (tertiary/aromatic N) is 2. The number of carboxylic acid groups (broad SMARTS) is 1. The van der Waals surface area contributed by atoms with Crippen molar-refractivity contribution in [1.82, 2.24) is 4.98 Å². The molecule has 0 unspecified atom stereocenters. The number of hydrogen-bond donors (Lipinski definition) is 1. The van der Waals surface area contributed by atoms with Crippen molar-refractivity contribution in [2.45, 2.75) is 0 Å². The zero-order chi connectivity index (χ0) is 13.7. The Kier molecular flexibility index (Phi) is 3.70. The molecule has 1 heterocycles. The number of carboxylic acids is 1. The van der Waals surface area contributed by atoms with Crippen molar-refractivity contribution in [2.75, 3.05) is 0 Å². The molecule has 0 bridgehead atoms. The maximum absolute atomic E-state index is 10.7. The van der Waals surface area contributed by atoms with Crippen LogP contribution in [0.25, 0.3) is 11.6 Å². The van der Waals surface area contributed by atoms with E-state index in [4.69, 9.17) is 10.4 Å². The maximum atomic E-state index is 10.7. The van der Waals surface area contributed by atoms with Gasteiger partial charge in [-0.2, -0.15) is 5.26 Å². The molecule has 0 saturated carbocycles. The first kappa shape index (κ1) is 12.5. The molecule has 0 atom stereocenters. The number of hydrogen-bond acceptors (Lipinski definition) is 3. The van der Waals surface area contributed by atoms with Gasteiger partial charge in [0.05, 0.1) is 16.8 Å². The van der Waals surface area contributed by atoms with Crippen molar-refractivity contribution < 1.29 is 9.90 Å². The molecular formula is C15H10N2O2. The van der Waals surface area contributed by atoms with Crippen LogP contribution in [0.5, 0.6) is 0 Å². The second kappa shape index (κ2) is 5.61. The van der Waals surface area contributed by atoms with Gasteiger partial charge < -0.3 is 5.11 Å². The molecule has 1 aromatic carbocycles. The second-order valence-electron chi connectivity index (χ2n) is 3.81. The predicted octanol–water partition coefficient (Wildman–Crippen LogP) is 2.84. The van der Waals surface area contributed by atoms with Crippen molar-refractivity contribution in [3.05, 3.63) is 65.5 Å². The molecule has 0 saturated heterocycles. The van der Waals surface area contributed by atoms with Crippen LogP contribution in [0, 0.1) is 11.3 Å². The minimum atomic E-state index is -0.972. The summed E-state index contributed by atoms with van der Waals surface area (Å²) in [6, 6.07) is 13.7. The Morgan fingerprint density at radius 2 is 1.95 bits per heavy atom. The zero-order valence-electron chi connectivity index (χ0n) is 9.95. The summed E-state index contributed by atoms with van der Waals surface area (Å²) in [5.74, 6) is -0.972. The maximum Gasteiger partial charge on any atom is 0.335 e. The van der Waals surface area contributed by atoms with Crippen molar-refractivity contribution in [2.24, 2.45) is 0 Å². The lowest BCUT2D eigenvalue weighted by atomic mass is 10.1. The summed E-state index contributed by atoms with van der Waals surface area (Å²) in [5, 5.41) is 17.9. The lowest BCUT2D eigenvalue weighted by Gasteiger charge is -1.99. The van der Waals surface area contributed by atoms with E-state index in [1.165, 1.54) is 12.1 Å². The van der Waals surface area contributed by atoms with Gasteiger partial charge in [-0.1, -0.05) is 18.2 Å². The molecule has 0 spiro atoms. The minimum absolute atomic E-state index is 0.216. The molecule has 0 amide bonds. The molecule has 4 heteroatoms. The Morgan fingerprint density at radius 1 is 1.21 bits per heavy atom. The van der Waals surface area contributed by atoms with Crippen molar-refractivity contribution in [3.8, 4) is 6.07 Å². The summed E-state index contributed by atoms with van der Waals surface area (Å²) >= 11 is 0. The number of aromatic nitrogens is 1. The molecule has 2 aromatic rings. The van der Waals surface area contributed by atoms with E-state index >= 15 is 0 Å². The number of rotatable bonds is 3. The van der Waals surface area contributed by atoms with Crippen LogP contribution in [0.4, 0.5) is 0 Å². The van der Waals surface area contributed by atoms with E-state index in [2.05, 4.69) is 11.1 Å². The van der Waals surface area contributed by atoms with Gasteiger partial charge >= 0.3 is 5.97 Å². The van der Waals surface area contributed by atoms with E-state index in [9.17, 15) is 4.79 Å². The van der Waals surface area contributed by atoms with Crippen LogP contribution in [0.2, 0.25) is 0 Å². The van der Waals surface area contributed by atoms with E-state index in [0.29, 0.717) is 11.3 Å². The third-order valence-electron chi connectivity index (χ3n) is 2.53. The van der Waals surface area contributed by atoms with Crippen LogP contribution >= 0.6 is 0 Å². The molecule has 19 heavy (non-hydrogen) atoms. The lowest BCUT2D eigenvalue weighted by Crippen LogP contribution is -1.95. The molecule has 0 aliphatic rings. The first-order chi connectivity index (χ1) is 9.20. The summed E-state index contributed by atoms with van der Waals surface area (Å²) in [6.45, 7) is 0. The van der Waals surface area contributed by atoms with Crippen LogP contribution in [-0.4, -0.2) is 16.1 Å². The smallest absolute Gasteiger partial charge is 0.335 e. The molecule has 1 N–H and O–H groups in total. The van der Waals surface area contributed by atoms with Gasteiger partial charge in [-0.05, 0) is 35.9 Å². The van der Waals surface area contributed by atoms with Gasteiger partial charge in [0, 0.05) is 6.20 Å². The Balaban J connectivity index is 2.34. The zero-order valence-corrected chi connectivity index (χ0v) is 9.95. The van der Waals surface area contributed by atoms with E-state index < -0.39 is 5.97 Å². The highest BCUT2D eigenvalue weighted by Crippen LogP contribution is 2.15. The summed E-state index contributed by atoms with van der Waals surface area (Å²) in [4.78, 5) is 14.8. The average molecular weight is 250 g/mol. The summed E-state index contributed by atoms with van der Waals surface area (Å²) < 4.78 is 0. The number of benzene rings is 1. The molecule has 0 aliphatic carbocycles. The van der Waals surface area contributed by atoms with E-state index in [-0.39, 0.29) is 5.56 Å². The fourth-order valence-corrected chi connectivity index (χ4v) is 1.57. The van der Waals surface area contributed by atoms with Crippen molar-refractivity contribution in [1.29, 1.82) is 5.26 Å². The van der Waals surface area contributed by atoms with Gasteiger partial charge in [-0.15, -0.1) is 0 Å². The molecule has 92 valence electrons. The Hall–Kier alpha value is -2.93. The average Bonchev–Trinajstić information content (AvgIpc) is 2.46. The predicted molar refractivity (Wildman–Crippen MR) is 71.1 cm³/mol. The van der Waals surface area contributed by atoms with Crippen LogP contribution in [0.15, 0.2) is 48.7 Å². The summed E-state index contributed by atoms with van der Waals surface area (Å²) in [6.07, 6.45) is 3.29. The van der Waals surface area contributed by atoms with Gasteiger partial charge in [0.25, 0.3) is 0 Å². The monoisotopic (exact) mass is 250 g/mol. The number of aromatic carboxylic acids is 1. The third-order valence-corrected chi connectivity index (χ3v) is 2.53. The molecular weight excluding hydrogens is 240 g/mol. The van der Waals surface area contributed by atoms with Gasteiger partial charge in [-0.3, -0.25) is 4.98 Å². The van der Waals surface area contributed by atoms with Gasteiger partial charge in [0.2, 0.25) is 0 Å². The topological polar surface area (TPSA) is 74.0 Å². The van der Waals surface area contributed by atoms with E-state index in [0.717, 1.165) is 5.56 Å². The highest BCUT2D eigenvalue weighted by Gasteiger charge is 2.03. The Labute approximate surface area is 110 Å². The lowest BCUT2D eigenvalue weighted by molar-refractivity contribution is 0.0697. The highest BCUT2D eigenvalue weighted by molar-refractivity contribution is 5.90. The number of allylic oxidation sites excluding steroid dienone is 1. The second-order valence-corrected chi connectivity index (χ2v) is 3.81. The van der Waals surface area contributed by atoms with E-state index in [1.54, 1.807) is 42.6 Å². The molecule has 2 rings (SSSR count). The van der Waals surface area contributed by atoms with Crippen LogP contribution in [0.3, 0.4) is 0 Å². The fourth-order valence-electron chi connectivity index (χ4n) is 1.57. The van der Waals surface area contributed by atoms with E-state index in [1.807, 2.05) is 0 Å². The minimum Gasteiger partial charge on any atom is -0.478 e. The SMILES string of the molecule is N#C/C(=C\c1ccc(C(=O)O)cc1)c1ccccn1. The fraction of sp³-hybridized carbons (Fsp3) is 0. The molecule has 0 aliphatic heterocycles. The molecule has 4 nitrogen and oxygen atoms in total. The van der Waals surface area contributed by atoms with Crippen LogP contribution < -0.4 is 0 Å². The molecule has 0 fully saturated rings. The standard InChI is InChI=1S/C15H10N2O2/c16-10-13(14-3-1-2-8-17-14)9-11-4-6-12(7-5-11)15(18)19/h1-9H,(H,18,19)/b13-9+. The van der Waals surface area contributed by atoms with Crippen molar-refractivity contribution in [3.63, 3.8) is 0 Å². The summed E-state index contributed by atoms with van der Waals surface area (Å²) in [5.41, 5.74) is 2.00. The first-order valence-corrected chi connectivity index (χ1v) is 5.57. The number of carbonyl (C=O) groups is 1. The Bertz CT molecular complexity index is 653. The highest BCUT2D eigenvalue weighted by atomic mass is 16.4. The summed E-state index contributed by atoms with van der Waals surface area (Å²) in [7, 11) is 0. The molecule has 1 aromatic heterocycles. The van der Waals surface area contributed by atoms with Gasteiger partial charge in [0.1, 0.15) is 6.07 Å². The van der Waals surface area contributed by atoms with Crippen LogP contribution in [0.1, 0.15) is 21.6 Å². The quantitative estimate of drug-likeness (QED) is 0.850. The molecule has 0 radical (unpaired) electrons. The Morgan fingerprint density at radius 3 is 2.47 bits per heavy atom. The normalized spacial score (nSPS) is 10.8. The first-order valence-electron chi connectivity index (χ1n) is 5.57. The third kappa shape index (κ3) is 3.05. The van der Waals surface area contributed by atoms with Crippen LogP contribution in [-0.2, 0) is 0 Å². The number of pyridine rings is 1. The van der Waals surface area contributed by atoms with Gasteiger partial charge in [0.15, 0.2) is 0 Å². The van der Waals surface area contributed by atoms with Crippen molar-refractivity contribution >= 4 is 17.6 Å².